The lowest BCUT2D eigenvalue weighted by molar-refractivity contribution is -0.157. The summed E-state index contributed by atoms with van der Waals surface area (Å²) in [5.41, 5.74) is 2.40. The van der Waals surface area contributed by atoms with Crippen LogP contribution in [-0.2, 0) is 16.1 Å². The van der Waals surface area contributed by atoms with Gasteiger partial charge in [0.1, 0.15) is 0 Å². The van der Waals surface area contributed by atoms with E-state index in [1.807, 2.05) is 12.4 Å². The summed E-state index contributed by atoms with van der Waals surface area (Å²) in [5, 5.41) is 3.28. The van der Waals surface area contributed by atoms with Crippen molar-refractivity contribution in [2.24, 2.45) is 0 Å². The summed E-state index contributed by atoms with van der Waals surface area (Å²) in [6, 6.07) is 2.13. The Morgan fingerprint density at radius 2 is 2.39 bits per heavy atom. The van der Waals surface area contributed by atoms with Gasteiger partial charge in [-0.05, 0) is 24.5 Å². The van der Waals surface area contributed by atoms with Crippen LogP contribution in [0.25, 0.3) is 0 Å². The molecule has 0 aliphatic carbocycles. The van der Waals surface area contributed by atoms with E-state index in [4.69, 9.17) is 9.47 Å². The molecule has 1 atom stereocenters. The summed E-state index contributed by atoms with van der Waals surface area (Å²) in [5.74, 6) is 0. The van der Waals surface area contributed by atoms with Crippen molar-refractivity contribution in [2.45, 2.75) is 38.1 Å². The number of nitrogens with one attached hydrogen (secondary N) is 1. The lowest BCUT2D eigenvalue weighted by Crippen LogP contribution is -2.64. The summed E-state index contributed by atoms with van der Waals surface area (Å²) in [7, 11) is 0. The van der Waals surface area contributed by atoms with Crippen molar-refractivity contribution in [3.8, 4) is 0 Å². The Morgan fingerprint density at radius 1 is 1.50 bits per heavy atom. The van der Waals surface area contributed by atoms with Gasteiger partial charge >= 0.3 is 0 Å². The molecule has 4 heteroatoms. The van der Waals surface area contributed by atoms with E-state index in [0.717, 1.165) is 38.1 Å². The van der Waals surface area contributed by atoms with Gasteiger partial charge in [0.2, 0.25) is 0 Å². The molecule has 4 nitrogen and oxygen atoms in total. The van der Waals surface area contributed by atoms with Crippen LogP contribution in [0.1, 0.15) is 24.0 Å². The highest BCUT2D eigenvalue weighted by Gasteiger charge is 2.42. The quantitative estimate of drug-likeness (QED) is 0.878. The Labute approximate surface area is 108 Å². The topological polar surface area (TPSA) is 43.4 Å². The highest BCUT2D eigenvalue weighted by atomic mass is 16.5. The van der Waals surface area contributed by atoms with Crippen LogP contribution in [0.15, 0.2) is 18.5 Å². The van der Waals surface area contributed by atoms with Crippen LogP contribution in [0.2, 0.25) is 0 Å². The van der Waals surface area contributed by atoms with Gasteiger partial charge in [-0.3, -0.25) is 4.98 Å². The molecule has 2 aliphatic heterocycles. The molecule has 1 aromatic heterocycles. The zero-order valence-corrected chi connectivity index (χ0v) is 10.8. The normalized spacial score (nSPS) is 25.9. The standard InChI is InChI=1S/C14H20N2O2/c1-11-4-12(7-15-6-11)8-17-13-2-3-18-14(5-13)9-16-10-14/h4,6-7,13,16H,2-3,5,8-10H2,1H3/t13-/m0/s1. The van der Waals surface area contributed by atoms with Crippen LogP contribution in [0.3, 0.4) is 0 Å². The Hall–Kier alpha value is -0.970. The van der Waals surface area contributed by atoms with Gasteiger partial charge in [0.05, 0.1) is 18.3 Å². The van der Waals surface area contributed by atoms with Gasteiger partial charge in [0.25, 0.3) is 0 Å². The SMILES string of the molecule is Cc1cncc(CO[C@H]2CCOC3(CNC3)C2)c1. The second kappa shape index (κ2) is 4.96. The Balaban J connectivity index is 1.53. The molecule has 1 spiro atoms. The van der Waals surface area contributed by atoms with E-state index in [1.165, 1.54) is 5.56 Å². The molecule has 0 radical (unpaired) electrons. The fraction of sp³-hybridized carbons (Fsp3) is 0.643. The first-order chi connectivity index (χ1) is 8.76. The van der Waals surface area contributed by atoms with Crippen LogP contribution in [0.5, 0.6) is 0 Å². The minimum Gasteiger partial charge on any atom is -0.373 e. The second-order valence-corrected chi connectivity index (χ2v) is 5.43. The number of hydrogen-bond donors (Lipinski definition) is 1. The molecule has 2 saturated heterocycles. The van der Waals surface area contributed by atoms with Gasteiger partial charge < -0.3 is 14.8 Å². The monoisotopic (exact) mass is 248 g/mol. The van der Waals surface area contributed by atoms with Gasteiger partial charge in [-0.25, -0.2) is 0 Å². The zero-order chi connectivity index (χ0) is 12.4. The molecule has 0 bridgehead atoms. The molecule has 1 aromatic rings. The fourth-order valence-electron chi connectivity index (χ4n) is 2.69. The Kier molecular flexibility index (Phi) is 3.33. The summed E-state index contributed by atoms with van der Waals surface area (Å²) in [6.07, 6.45) is 6.08. The number of aryl methyl sites for hydroxylation is 1. The van der Waals surface area contributed by atoms with Gasteiger partial charge in [-0.2, -0.15) is 0 Å². The predicted molar refractivity (Wildman–Crippen MR) is 68.3 cm³/mol. The summed E-state index contributed by atoms with van der Waals surface area (Å²) in [6.45, 7) is 5.47. The third-order valence-electron chi connectivity index (χ3n) is 3.76. The van der Waals surface area contributed by atoms with Crippen molar-refractivity contribution in [3.05, 3.63) is 29.6 Å². The maximum atomic E-state index is 6.01. The molecule has 1 N–H and O–H groups in total. The van der Waals surface area contributed by atoms with Gasteiger partial charge in [-0.1, -0.05) is 6.07 Å². The van der Waals surface area contributed by atoms with Crippen LogP contribution in [0, 0.1) is 6.92 Å². The molecule has 3 heterocycles. The number of nitrogens with zero attached hydrogens (tertiary/aromatic N) is 1. The number of ether oxygens (including phenoxy) is 2. The van der Waals surface area contributed by atoms with E-state index in [1.54, 1.807) is 0 Å². The highest BCUT2D eigenvalue weighted by molar-refractivity contribution is 5.15. The average molecular weight is 248 g/mol. The van der Waals surface area contributed by atoms with E-state index in [9.17, 15) is 0 Å². The molecule has 0 unspecified atom stereocenters. The van der Waals surface area contributed by atoms with E-state index < -0.39 is 0 Å². The van der Waals surface area contributed by atoms with Crippen molar-refractivity contribution in [3.63, 3.8) is 0 Å². The smallest absolute Gasteiger partial charge is 0.0954 e. The summed E-state index contributed by atoms with van der Waals surface area (Å²) >= 11 is 0. The second-order valence-electron chi connectivity index (χ2n) is 5.43. The van der Waals surface area contributed by atoms with Crippen LogP contribution < -0.4 is 5.32 Å². The first-order valence-electron chi connectivity index (χ1n) is 6.63. The minimum atomic E-state index is 0.0633. The van der Waals surface area contributed by atoms with E-state index >= 15 is 0 Å². The van der Waals surface area contributed by atoms with Gasteiger partial charge in [0.15, 0.2) is 0 Å². The van der Waals surface area contributed by atoms with Gasteiger partial charge in [-0.15, -0.1) is 0 Å². The molecular weight excluding hydrogens is 228 g/mol. The highest BCUT2D eigenvalue weighted by Crippen LogP contribution is 2.30. The van der Waals surface area contributed by atoms with Crippen LogP contribution in [-0.4, -0.2) is 36.4 Å². The fourth-order valence-corrected chi connectivity index (χ4v) is 2.69. The molecule has 2 aliphatic rings. The summed E-state index contributed by atoms with van der Waals surface area (Å²) < 4.78 is 11.9. The van der Waals surface area contributed by atoms with E-state index in [0.29, 0.717) is 12.7 Å². The minimum absolute atomic E-state index is 0.0633. The average Bonchev–Trinajstić information content (AvgIpc) is 2.35. The number of aromatic nitrogens is 1. The van der Waals surface area contributed by atoms with Crippen molar-refractivity contribution in [1.29, 1.82) is 0 Å². The summed E-state index contributed by atoms with van der Waals surface area (Å²) in [4.78, 5) is 4.19. The zero-order valence-electron chi connectivity index (χ0n) is 10.8. The van der Waals surface area contributed by atoms with Crippen molar-refractivity contribution in [1.82, 2.24) is 10.3 Å². The third kappa shape index (κ3) is 2.55. The molecule has 18 heavy (non-hydrogen) atoms. The maximum absolute atomic E-state index is 6.01. The molecule has 2 fully saturated rings. The van der Waals surface area contributed by atoms with Crippen LogP contribution in [0.4, 0.5) is 0 Å². The molecule has 0 amide bonds. The molecule has 98 valence electrons. The Bertz CT molecular complexity index is 418. The molecule has 3 rings (SSSR count). The third-order valence-corrected chi connectivity index (χ3v) is 3.76. The maximum Gasteiger partial charge on any atom is 0.0954 e. The lowest BCUT2D eigenvalue weighted by Gasteiger charge is -2.47. The van der Waals surface area contributed by atoms with Gasteiger partial charge in [0, 0.05) is 38.5 Å². The van der Waals surface area contributed by atoms with Crippen molar-refractivity contribution < 1.29 is 9.47 Å². The lowest BCUT2D eigenvalue weighted by atomic mass is 9.87. The van der Waals surface area contributed by atoms with Crippen molar-refractivity contribution >= 4 is 0 Å². The van der Waals surface area contributed by atoms with E-state index in [2.05, 4.69) is 23.3 Å². The van der Waals surface area contributed by atoms with Crippen LogP contribution >= 0.6 is 0 Å². The van der Waals surface area contributed by atoms with Crippen molar-refractivity contribution in [2.75, 3.05) is 19.7 Å². The first-order valence-corrected chi connectivity index (χ1v) is 6.63. The number of pyridine rings is 1. The van der Waals surface area contributed by atoms with E-state index in [-0.39, 0.29) is 5.60 Å². The number of hydrogen-bond acceptors (Lipinski definition) is 4. The molecule has 0 aromatic carbocycles. The molecule has 0 saturated carbocycles. The molecular formula is C14H20N2O2. The largest absolute Gasteiger partial charge is 0.373 e. The predicted octanol–water partition coefficient (Wildman–Crippen LogP) is 1.43. The Morgan fingerprint density at radius 3 is 3.11 bits per heavy atom. The first kappa shape index (κ1) is 12.1. The number of rotatable bonds is 3.